The van der Waals surface area contributed by atoms with Crippen molar-refractivity contribution in [2.24, 2.45) is 0 Å². The highest BCUT2D eigenvalue weighted by molar-refractivity contribution is 5.92. The molecule has 0 saturated carbocycles. The minimum Gasteiger partial charge on any atom is -0.335 e. The number of carbonyl (C=O) groups excluding carboxylic acids is 1. The number of nitrogens with one attached hydrogen (secondary N) is 1. The third-order valence-corrected chi connectivity index (χ3v) is 4.54. The average molecular weight is 392 g/mol. The number of rotatable bonds is 4. The van der Waals surface area contributed by atoms with Crippen LogP contribution in [0.15, 0.2) is 58.1 Å². The summed E-state index contributed by atoms with van der Waals surface area (Å²) in [5.41, 5.74) is 2.71. The van der Waals surface area contributed by atoms with Gasteiger partial charge in [0.05, 0.1) is 0 Å². The number of hydrogen-bond donors (Lipinski definition) is 1. The predicted molar refractivity (Wildman–Crippen MR) is 106 cm³/mol. The van der Waals surface area contributed by atoms with E-state index in [4.69, 9.17) is 4.52 Å². The number of anilines is 1. The number of aryl methyl sites for hydroxylation is 2. The fourth-order valence-corrected chi connectivity index (χ4v) is 3.04. The molecular weight excluding hydrogens is 375 g/mol. The minimum atomic E-state index is -0.494. The van der Waals surface area contributed by atoms with Gasteiger partial charge in [0.1, 0.15) is 29.8 Å². The molecule has 0 aliphatic heterocycles. The van der Waals surface area contributed by atoms with Crippen molar-refractivity contribution in [3.63, 3.8) is 0 Å². The third-order valence-electron chi connectivity index (χ3n) is 4.54. The first kappa shape index (κ1) is 18.5. The molecule has 2 aromatic carbocycles. The zero-order valence-electron chi connectivity index (χ0n) is 15.8. The maximum absolute atomic E-state index is 13.6. The van der Waals surface area contributed by atoms with Crippen molar-refractivity contribution in [2.45, 2.75) is 20.4 Å². The van der Waals surface area contributed by atoms with Gasteiger partial charge in [0, 0.05) is 11.3 Å². The van der Waals surface area contributed by atoms with Crippen LogP contribution in [0.5, 0.6) is 0 Å². The van der Waals surface area contributed by atoms with Crippen LogP contribution < -0.4 is 10.9 Å². The SMILES string of the molecule is Cc1ccc(C)c(NC(=O)Cn2cnc3onc(-c4cccc(F)c4)c3c2=O)c1. The smallest absolute Gasteiger partial charge is 0.267 e. The van der Waals surface area contributed by atoms with E-state index in [9.17, 15) is 14.0 Å². The summed E-state index contributed by atoms with van der Waals surface area (Å²) in [5.74, 6) is -0.832. The van der Waals surface area contributed by atoms with E-state index in [2.05, 4.69) is 15.5 Å². The molecule has 29 heavy (non-hydrogen) atoms. The summed E-state index contributed by atoms with van der Waals surface area (Å²) < 4.78 is 19.8. The van der Waals surface area contributed by atoms with Crippen molar-refractivity contribution < 1.29 is 13.7 Å². The molecule has 2 heterocycles. The number of carbonyl (C=O) groups is 1. The van der Waals surface area contributed by atoms with Gasteiger partial charge in [-0.1, -0.05) is 29.4 Å². The second-order valence-corrected chi connectivity index (χ2v) is 6.77. The number of aromatic nitrogens is 3. The van der Waals surface area contributed by atoms with Crippen LogP contribution in [0.4, 0.5) is 10.1 Å². The quantitative estimate of drug-likeness (QED) is 0.575. The van der Waals surface area contributed by atoms with E-state index < -0.39 is 11.4 Å². The predicted octanol–water partition coefficient (Wildman–Crippen LogP) is 3.45. The Bertz CT molecular complexity index is 1290. The van der Waals surface area contributed by atoms with Gasteiger partial charge in [-0.05, 0) is 43.2 Å². The largest absolute Gasteiger partial charge is 0.335 e. The molecule has 0 aliphatic carbocycles. The maximum atomic E-state index is 13.6. The van der Waals surface area contributed by atoms with Crippen LogP contribution in [-0.4, -0.2) is 20.6 Å². The van der Waals surface area contributed by atoms with Crippen molar-refractivity contribution in [3.8, 4) is 11.3 Å². The molecule has 0 atom stereocenters. The lowest BCUT2D eigenvalue weighted by molar-refractivity contribution is -0.116. The Morgan fingerprint density at radius 1 is 1.21 bits per heavy atom. The molecule has 1 N–H and O–H groups in total. The van der Waals surface area contributed by atoms with Crippen LogP contribution in [0.3, 0.4) is 0 Å². The Labute approximate surface area is 164 Å². The fraction of sp³-hybridized carbons (Fsp3) is 0.143. The van der Waals surface area contributed by atoms with Crippen LogP contribution in [0, 0.1) is 19.7 Å². The molecule has 0 radical (unpaired) electrons. The van der Waals surface area contributed by atoms with Crippen molar-refractivity contribution >= 4 is 22.7 Å². The van der Waals surface area contributed by atoms with Gasteiger partial charge in [-0.25, -0.2) is 9.37 Å². The van der Waals surface area contributed by atoms with Crippen LogP contribution in [0.2, 0.25) is 0 Å². The van der Waals surface area contributed by atoms with Gasteiger partial charge in [0.25, 0.3) is 11.3 Å². The molecule has 2 aromatic heterocycles. The van der Waals surface area contributed by atoms with Crippen LogP contribution in [-0.2, 0) is 11.3 Å². The molecule has 4 rings (SSSR count). The Morgan fingerprint density at radius 3 is 2.83 bits per heavy atom. The van der Waals surface area contributed by atoms with Gasteiger partial charge in [0.15, 0.2) is 0 Å². The van der Waals surface area contributed by atoms with E-state index in [1.807, 2.05) is 32.0 Å². The second kappa shape index (κ2) is 7.31. The summed E-state index contributed by atoms with van der Waals surface area (Å²) in [7, 11) is 0. The second-order valence-electron chi connectivity index (χ2n) is 6.77. The molecular formula is C21H17FN4O3. The molecule has 0 unspecified atom stereocenters. The Morgan fingerprint density at radius 2 is 2.03 bits per heavy atom. The first-order valence-corrected chi connectivity index (χ1v) is 8.90. The number of fused-ring (bicyclic) bond motifs is 1. The fourth-order valence-electron chi connectivity index (χ4n) is 3.04. The zero-order valence-corrected chi connectivity index (χ0v) is 15.8. The van der Waals surface area contributed by atoms with Gasteiger partial charge in [-0.3, -0.25) is 14.2 Å². The standard InChI is InChI=1S/C21H17FN4O3/c1-12-6-7-13(2)16(8-12)24-17(27)10-26-11-23-20-18(21(26)28)19(25-29-20)14-4-3-5-15(22)9-14/h3-9,11H,10H2,1-2H3,(H,24,27). The number of hydrogen-bond acceptors (Lipinski definition) is 5. The number of halogens is 1. The summed E-state index contributed by atoms with van der Waals surface area (Å²) in [6.07, 6.45) is 1.23. The lowest BCUT2D eigenvalue weighted by atomic mass is 10.1. The minimum absolute atomic E-state index is 0.0282. The normalized spacial score (nSPS) is 11.0. The van der Waals surface area contributed by atoms with Crippen molar-refractivity contribution in [1.29, 1.82) is 0 Å². The highest BCUT2D eigenvalue weighted by atomic mass is 19.1. The lowest BCUT2D eigenvalue weighted by Gasteiger charge is -2.10. The molecule has 0 aliphatic rings. The number of amides is 1. The van der Waals surface area contributed by atoms with E-state index in [1.54, 1.807) is 6.07 Å². The van der Waals surface area contributed by atoms with Crippen LogP contribution in [0.1, 0.15) is 11.1 Å². The van der Waals surface area contributed by atoms with E-state index in [-0.39, 0.29) is 29.2 Å². The average Bonchev–Trinajstić information content (AvgIpc) is 3.12. The highest BCUT2D eigenvalue weighted by Gasteiger charge is 2.18. The van der Waals surface area contributed by atoms with Crippen LogP contribution in [0.25, 0.3) is 22.4 Å². The van der Waals surface area contributed by atoms with Crippen molar-refractivity contribution in [2.75, 3.05) is 5.32 Å². The van der Waals surface area contributed by atoms with E-state index in [0.29, 0.717) is 11.3 Å². The monoisotopic (exact) mass is 392 g/mol. The van der Waals surface area contributed by atoms with E-state index in [1.165, 1.54) is 29.1 Å². The van der Waals surface area contributed by atoms with Gasteiger partial charge >= 0.3 is 0 Å². The molecule has 0 spiro atoms. The number of benzene rings is 2. The Kier molecular flexibility index (Phi) is 4.67. The van der Waals surface area contributed by atoms with E-state index in [0.717, 1.165) is 11.1 Å². The summed E-state index contributed by atoms with van der Waals surface area (Å²) >= 11 is 0. The molecule has 7 nitrogen and oxygen atoms in total. The summed E-state index contributed by atoms with van der Waals surface area (Å²) in [4.78, 5) is 29.5. The van der Waals surface area contributed by atoms with Gasteiger partial charge in [0.2, 0.25) is 5.91 Å². The lowest BCUT2D eigenvalue weighted by Crippen LogP contribution is -2.28. The Hall–Kier alpha value is -3.81. The van der Waals surface area contributed by atoms with Gasteiger partial charge < -0.3 is 9.84 Å². The molecule has 4 aromatic rings. The molecule has 0 saturated heterocycles. The highest BCUT2D eigenvalue weighted by Crippen LogP contribution is 2.24. The topological polar surface area (TPSA) is 90.0 Å². The number of nitrogens with zero attached hydrogens (tertiary/aromatic N) is 3. The zero-order chi connectivity index (χ0) is 20.5. The van der Waals surface area contributed by atoms with Crippen molar-refractivity contribution in [1.82, 2.24) is 14.7 Å². The van der Waals surface area contributed by atoms with Crippen LogP contribution >= 0.6 is 0 Å². The Balaban J connectivity index is 1.67. The third kappa shape index (κ3) is 3.64. The first-order chi connectivity index (χ1) is 13.9. The van der Waals surface area contributed by atoms with Gasteiger partial charge in [-0.2, -0.15) is 0 Å². The molecule has 146 valence electrons. The maximum Gasteiger partial charge on any atom is 0.267 e. The summed E-state index contributed by atoms with van der Waals surface area (Å²) in [6.45, 7) is 3.58. The molecule has 8 heteroatoms. The molecule has 0 bridgehead atoms. The molecule has 1 amide bonds. The van der Waals surface area contributed by atoms with E-state index >= 15 is 0 Å². The first-order valence-electron chi connectivity index (χ1n) is 8.90. The van der Waals surface area contributed by atoms with Gasteiger partial charge in [-0.15, -0.1) is 0 Å². The summed E-state index contributed by atoms with van der Waals surface area (Å²) in [5, 5.41) is 6.76. The van der Waals surface area contributed by atoms with Crippen molar-refractivity contribution in [3.05, 3.63) is 76.1 Å². The summed E-state index contributed by atoms with van der Waals surface area (Å²) in [6, 6.07) is 11.4. The molecule has 0 fully saturated rings.